The van der Waals surface area contributed by atoms with Crippen LogP contribution in [-0.2, 0) is 32.7 Å². The monoisotopic (exact) mass is 840 g/mol. The van der Waals surface area contributed by atoms with Crippen LogP contribution in [0, 0.1) is 0 Å². The van der Waals surface area contributed by atoms with Crippen molar-refractivity contribution in [1.82, 2.24) is 0 Å². The molecule has 0 aliphatic rings. The molecule has 2 atom stereocenters. The van der Waals surface area contributed by atoms with Crippen molar-refractivity contribution in [1.29, 1.82) is 0 Å². The molecule has 10 heteroatoms. The second-order valence-electron chi connectivity index (χ2n) is 17.1. The van der Waals surface area contributed by atoms with Crippen molar-refractivity contribution in [2.24, 2.45) is 0 Å². The van der Waals surface area contributed by atoms with E-state index >= 15 is 0 Å². The van der Waals surface area contributed by atoms with Crippen molar-refractivity contribution in [3.05, 3.63) is 36.5 Å². The fraction of sp³-hybridized carbons (Fsp3) is 0.833. The maximum absolute atomic E-state index is 12.7. The zero-order chi connectivity index (χ0) is 42.8. The van der Waals surface area contributed by atoms with E-state index in [0.29, 0.717) is 17.4 Å². The molecule has 0 spiro atoms. The molecule has 0 radical (unpaired) electrons. The minimum absolute atomic E-state index is 0.0347. The van der Waals surface area contributed by atoms with E-state index in [9.17, 15) is 19.0 Å². The number of rotatable bonds is 43. The molecule has 0 aliphatic carbocycles. The Labute approximate surface area is 357 Å². The highest BCUT2D eigenvalue weighted by Gasteiger charge is 2.21. The van der Waals surface area contributed by atoms with Crippen molar-refractivity contribution in [3.63, 3.8) is 0 Å². The number of carbonyl (C=O) groups is 2. The van der Waals surface area contributed by atoms with Crippen LogP contribution >= 0.6 is 7.82 Å². The van der Waals surface area contributed by atoms with Gasteiger partial charge >= 0.3 is 11.9 Å². The average Bonchev–Trinajstić information content (AvgIpc) is 3.17. The number of carbonyl (C=O) groups excluding carboxylic acids is 2. The van der Waals surface area contributed by atoms with Crippen LogP contribution < -0.4 is 4.89 Å². The largest absolute Gasteiger partial charge is 0.756 e. The Morgan fingerprint density at radius 1 is 0.534 bits per heavy atom. The topological polar surface area (TPSA) is 111 Å². The Morgan fingerprint density at radius 2 is 0.931 bits per heavy atom. The van der Waals surface area contributed by atoms with Crippen LogP contribution in [-0.4, -0.2) is 70.0 Å². The molecule has 340 valence electrons. The summed E-state index contributed by atoms with van der Waals surface area (Å²) in [5.41, 5.74) is 0. The van der Waals surface area contributed by atoms with Crippen LogP contribution in [0.2, 0.25) is 0 Å². The molecule has 58 heavy (non-hydrogen) atoms. The van der Waals surface area contributed by atoms with Crippen molar-refractivity contribution in [2.75, 3.05) is 47.5 Å². The molecule has 0 aromatic rings. The molecule has 0 N–H and O–H groups in total. The third-order valence-electron chi connectivity index (χ3n) is 10.2. The molecule has 0 aliphatic heterocycles. The number of quaternary nitrogens is 1. The van der Waals surface area contributed by atoms with Gasteiger partial charge in [-0.2, -0.15) is 0 Å². The normalized spacial score (nSPS) is 13.8. The number of hydrogen-bond donors (Lipinski definition) is 0. The van der Waals surface area contributed by atoms with Gasteiger partial charge in [0.15, 0.2) is 6.10 Å². The van der Waals surface area contributed by atoms with Gasteiger partial charge in [-0.25, -0.2) is 0 Å². The summed E-state index contributed by atoms with van der Waals surface area (Å²) >= 11 is 0. The molecule has 0 saturated carbocycles. The van der Waals surface area contributed by atoms with Gasteiger partial charge in [0.25, 0.3) is 7.82 Å². The quantitative estimate of drug-likeness (QED) is 0.0196. The van der Waals surface area contributed by atoms with E-state index in [2.05, 4.69) is 50.3 Å². The van der Waals surface area contributed by atoms with Crippen LogP contribution in [0.1, 0.15) is 206 Å². The Kier molecular flexibility index (Phi) is 39.4. The predicted octanol–water partition coefficient (Wildman–Crippen LogP) is 13.1. The number of esters is 2. The summed E-state index contributed by atoms with van der Waals surface area (Å²) in [6, 6.07) is 0. The Bertz CT molecular complexity index is 1090. The van der Waals surface area contributed by atoms with Crippen molar-refractivity contribution in [3.8, 4) is 0 Å². The number of nitrogens with zero attached hydrogens (tertiary/aromatic N) is 1. The van der Waals surface area contributed by atoms with Crippen LogP contribution in [0.25, 0.3) is 0 Å². The van der Waals surface area contributed by atoms with E-state index in [-0.39, 0.29) is 32.0 Å². The summed E-state index contributed by atoms with van der Waals surface area (Å²) in [4.78, 5) is 37.6. The van der Waals surface area contributed by atoms with Crippen LogP contribution in [0.5, 0.6) is 0 Å². The molecule has 0 bridgehead atoms. The highest BCUT2D eigenvalue weighted by Crippen LogP contribution is 2.38. The number of unbranched alkanes of at least 4 members (excludes halogenated alkanes) is 23. The van der Waals surface area contributed by atoms with E-state index in [1.165, 1.54) is 116 Å². The zero-order valence-corrected chi connectivity index (χ0v) is 39.1. The van der Waals surface area contributed by atoms with Crippen LogP contribution in [0.4, 0.5) is 0 Å². The second-order valence-corrected chi connectivity index (χ2v) is 18.5. The number of ether oxygens (including phenoxy) is 2. The van der Waals surface area contributed by atoms with Gasteiger partial charge in [-0.05, 0) is 51.4 Å². The maximum Gasteiger partial charge on any atom is 0.306 e. The number of phosphoric acid groups is 1. The summed E-state index contributed by atoms with van der Waals surface area (Å²) in [6.45, 7) is 4.19. The first-order valence-corrected chi connectivity index (χ1v) is 25.2. The van der Waals surface area contributed by atoms with Gasteiger partial charge in [-0.15, -0.1) is 0 Å². The summed E-state index contributed by atoms with van der Waals surface area (Å²) in [7, 11) is 1.15. The number of likely N-dealkylation sites (N-methyl/N-ethyl adjacent to an activating group) is 1. The van der Waals surface area contributed by atoms with Gasteiger partial charge in [0.2, 0.25) is 0 Å². The molecule has 0 fully saturated rings. The summed E-state index contributed by atoms with van der Waals surface area (Å²) < 4.78 is 33.9. The van der Waals surface area contributed by atoms with Gasteiger partial charge in [0, 0.05) is 12.8 Å². The average molecular weight is 840 g/mol. The fourth-order valence-electron chi connectivity index (χ4n) is 6.43. The van der Waals surface area contributed by atoms with Gasteiger partial charge < -0.3 is 27.9 Å². The lowest BCUT2D eigenvalue weighted by Crippen LogP contribution is -2.37. The molecule has 9 nitrogen and oxygen atoms in total. The van der Waals surface area contributed by atoms with E-state index in [0.717, 1.165) is 57.8 Å². The smallest absolute Gasteiger partial charge is 0.306 e. The summed E-state index contributed by atoms with van der Waals surface area (Å²) in [5.74, 6) is -0.853. The van der Waals surface area contributed by atoms with Gasteiger partial charge in [0.1, 0.15) is 19.8 Å². The maximum atomic E-state index is 12.7. The lowest BCUT2D eigenvalue weighted by molar-refractivity contribution is -0.870. The van der Waals surface area contributed by atoms with Gasteiger partial charge in [0.05, 0.1) is 27.7 Å². The fourth-order valence-corrected chi connectivity index (χ4v) is 7.16. The van der Waals surface area contributed by atoms with Gasteiger partial charge in [-0.1, -0.05) is 179 Å². The Balaban J connectivity index is 4.34. The molecular weight excluding hydrogens is 750 g/mol. The third kappa shape index (κ3) is 43.8. The highest BCUT2D eigenvalue weighted by atomic mass is 31.2. The van der Waals surface area contributed by atoms with Crippen LogP contribution in [0.3, 0.4) is 0 Å². The molecule has 0 aromatic heterocycles. The lowest BCUT2D eigenvalue weighted by atomic mass is 10.0. The predicted molar refractivity (Wildman–Crippen MR) is 241 cm³/mol. The summed E-state index contributed by atoms with van der Waals surface area (Å²) in [6.07, 6.45) is 45.9. The minimum Gasteiger partial charge on any atom is -0.756 e. The number of allylic oxidation sites excluding steroid dienone is 6. The SMILES string of the molecule is CCCCC/C=C/C/C=C/C/C=C/CCCCCCC(=O)O[C@H](COC(=O)CCCCCCCCCCCCCCCCCCC)COP(=O)([O-])OCC[N+](C)(C)C. The van der Waals surface area contributed by atoms with Crippen molar-refractivity contribution < 1.29 is 42.1 Å². The molecular formula is C48H90NO8P. The third-order valence-corrected chi connectivity index (χ3v) is 11.1. The van der Waals surface area contributed by atoms with E-state index in [1.54, 1.807) is 0 Å². The van der Waals surface area contributed by atoms with Crippen LogP contribution in [0.15, 0.2) is 36.5 Å². The first kappa shape index (κ1) is 56.2. The van der Waals surface area contributed by atoms with Crippen molar-refractivity contribution in [2.45, 2.75) is 213 Å². The molecule has 0 amide bonds. The van der Waals surface area contributed by atoms with E-state index < -0.39 is 26.5 Å². The number of hydrogen-bond acceptors (Lipinski definition) is 8. The summed E-state index contributed by atoms with van der Waals surface area (Å²) in [5, 5.41) is 0. The molecule has 0 rings (SSSR count). The first-order chi connectivity index (χ1) is 28.0. The van der Waals surface area contributed by atoms with E-state index in [1.807, 2.05) is 21.1 Å². The highest BCUT2D eigenvalue weighted by molar-refractivity contribution is 7.45. The molecule has 0 heterocycles. The lowest BCUT2D eigenvalue weighted by Gasteiger charge is -2.28. The molecule has 0 aromatic carbocycles. The molecule has 0 saturated heterocycles. The minimum atomic E-state index is -4.63. The molecule has 1 unspecified atom stereocenters. The van der Waals surface area contributed by atoms with Gasteiger partial charge in [-0.3, -0.25) is 14.2 Å². The van der Waals surface area contributed by atoms with E-state index in [4.69, 9.17) is 18.5 Å². The zero-order valence-electron chi connectivity index (χ0n) is 38.2. The van der Waals surface area contributed by atoms with Crippen molar-refractivity contribution >= 4 is 19.8 Å². The first-order valence-electron chi connectivity index (χ1n) is 23.7. The second kappa shape index (κ2) is 40.6. The Hall–Kier alpha value is -1.77. The standard InChI is InChI=1S/C48H90NO8P/c1-6-8-10-12-14-16-18-20-22-24-26-28-30-32-34-36-38-40-47(50)54-44-46(45-56-58(52,53)55-43-42-49(3,4)5)57-48(51)41-39-37-35-33-31-29-27-25-23-21-19-17-15-13-11-9-7-2/h15,17,21,23,27,29,46H,6-14,16,18-20,22,24-26,28,30-45H2,1-5H3/b17-15+,23-21+,29-27+/t46-/m1/s1. The Morgan fingerprint density at radius 3 is 1.41 bits per heavy atom. The number of phosphoric ester groups is 1.